The Hall–Kier alpha value is -2.60. The standard InChI is InChI=1S/C23H26N4OS/c1-15-7-8-19-16(13-15)14-18-20(24)21(29-22(18)25-19)23(28)27-11-9-26(10-12-27)17-5-3-2-4-6-17/h2-6,14-15H,7-13,24H2,1H3. The van der Waals surface area contributed by atoms with Gasteiger partial charge in [-0.25, -0.2) is 4.98 Å². The van der Waals surface area contributed by atoms with E-state index >= 15 is 0 Å². The number of anilines is 2. The van der Waals surface area contributed by atoms with Crippen LogP contribution < -0.4 is 10.6 Å². The molecule has 1 aromatic carbocycles. The van der Waals surface area contributed by atoms with Crippen molar-refractivity contribution in [3.05, 3.63) is 52.5 Å². The van der Waals surface area contributed by atoms with Crippen LogP contribution in [0.3, 0.4) is 0 Å². The van der Waals surface area contributed by atoms with Crippen LogP contribution in [0.4, 0.5) is 11.4 Å². The van der Waals surface area contributed by atoms with Crippen LogP contribution in [0.25, 0.3) is 10.2 Å². The number of aromatic nitrogens is 1. The second-order valence-electron chi connectivity index (χ2n) is 8.25. The molecule has 1 amide bonds. The zero-order valence-electron chi connectivity index (χ0n) is 16.7. The lowest BCUT2D eigenvalue weighted by Gasteiger charge is -2.36. The quantitative estimate of drug-likeness (QED) is 0.700. The molecule has 1 saturated heterocycles. The fourth-order valence-corrected chi connectivity index (χ4v) is 5.55. The smallest absolute Gasteiger partial charge is 0.266 e. The summed E-state index contributed by atoms with van der Waals surface area (Å²) in [4.78, 5) is 23.9. The molecule has 2 aromatic heterocycles. The van der Waals surface area contributed by atoms with Gasteiger partial charge in [-0.05, 0) is 48.9 Å². The predicted molar refractivity (Wildman–Crippen MR) is 120 cm³/mol. The number of thiophene rings is 1. The molecular weight excluding hydrogens is 380 g/mol. The highest BCUT2D eigenvalue weighted by Crippen LogP contribution is 2.37. The molecule has 0 bridgehead atoms. The number of nitrogens with zero attached hydrogens (tertiary/aromatic N) is 3. The number of aryl methyl sites for hydroxylation is 1. The Morgan fingerprint density at radius 3 is 2.69 bits per heavy atom. The fourth-order valence-electron chi connectivity index (χ4n) is 4.48. The minimum Gasteiger partial charge on any atom is -0.397 e. The molecule has 1 fully saturated rings. The zero-order chi connectivity index (χ0) is 20.0. The van der Waals surface area contributed by atoms with Crippen molar-refractivity contribution < 1.29 is 4.79 Å². The summed E-state index contributed by atoms with van der Waals surface area (Å²) in [6.45, 7) is 5.38. The highest BCUT2D eigenvalue weighted by atomic mass is 32.1. The number of benzene rings is 1. The molecule has 3 aromatic rings. The number of fused-ring (bicyclic) bond motifs is 2. The van der Waals surface area contributed by atoms with Crippen molar-refractivity contribution >= 4 is 38.8 Å². The molecule has 2 aliphatic rings. The molecule has 1 atom stereocenters. The van der Waals surface area contributed by atoms with E-state index < -0.39 is 0 Å². The first-order valence-corrected chi connectivity index (χ1v) is 11.2. The summed E-state index contributed by atoms with van der Waals surface area (Å²) in [6.07, 6.45) is 3.26. The first-order valence-electron chi connectivity index (χ1n) is 10.4. The van der Waals surface area contributed by atoms with Crippen molar-refractivity contribution in [1.82, 2.24) is 9.88 Å². The highest BCUT2D eigenvalue weighted by molar-refractivity contribution is 7.21. The molecule has 2 N–H and O–H groups in total. The number of rotatable bonds is 2. The van der Waals surface area contributed by atoms with Gasteiger partial charge in [0.15, 0.2) is 0 Å². The molecule has 0 saturated carbocycles. The second-order valence-corrected chi connectivity index (χ2v) is 9.25. The van der Waals surface area contributed by atoms with E-state index in [0.717, 1.165) is 36.1 Å². The minimum atomic E-state index is 0.0459. The molecular formula is C23H26N4OS. The molecule has 3 heterocycles. The van der Waals surface area contributed by atoms with Gasteiger partial charge in [-0.3, -0.25) is 4.79 Å². The number of carbonyl (C=O) groups excluding carboxylic acids is 1. The molecule has 150 valence electrons. The molecule has 0 radical (unpaired) electrons. The lowest BCUT2D eigenvalue weighted by atomic mass is 9.87. The average molecular weight is 407 g/mol. The number of hydrogen-bond donors (Lipinski definition) is 1. The van der Waals surface area contributed by atoms with Gasteiger partial charge in [-0.15, -0.1) is 11.3 Å². The summed E-state index contributed by atoms with van der Waals surface area (Å²) in [7, 11) is 0. The second kappa shape index (κ2) is 7.34. The van der Waals surface area contributed by atoms with Crippen molar-refractivity contribution in [1.29, 1.82) is 0 Å². The third-order valence-electron chi connectivity index (χ3n) is 6.21. The van der Waals surface area contributed by atoms with E-state index in [1.54, 1.807) is 0 Å². The van der Waals surface area contributed by atoms with Gasteiger partial charge in [0.2, 0.25) is 0 Å². The SMILES string of the molecule is CC1CCc2nc3sc(C(=O)N4CCN(c5ccccc5)CC4)c(N)c3cc2C1. The van der Waals surface area contributed by atoms with Crippen LogP contribution in [-0.2, 0) is 12.8 Å². The van der Waals surface area contributed by atoms with Crippen LogP contribution in [-0.4, -0.2) is 42.0 Å². The van der Waals surface area contributed by atoms with Crippen LogP contribution >= 0.6 is 11.3 Å². The van der Waals surface area contributed by atoms with E-state index in [0.29, 0.717) is 29.6 Å². The van der Waals surface area contributed by atoms with Crippen LogP contribution in [0.15, 0.2) is 36.4 Å². The Morgan fingerprint density at radius 2 is 1.93 bits per heavy atom. The topological polar surface area (TPSA) is 62.5 Å². The van der Waals surface area contributed by atoms with E-state index in [-0.39, 0.29) is 5.91 Å². The molecule has 0 spiro atoms. The van der Waals surface area contributed by atoms with E-state index in [1.807, 2.05) is 11.0 Å². The Morgan fingerprint density at radius 1 is 1.17 bits per heavy atom. The Kier molecular flexibility index (Phi) is 4.66. The van der Waals surface area contributed by atoms with Gasteiger partial charge in [0, 0.05) is 42.9 Å². The lowest BCUT2D eigenvalue weighted by molar-refractivity contribution is 0.0752. The van der Waals surface area contributed by atoms with Crippen LogP contribution in [0.2, 0.25) is 0 Å². The Labute approximate surface area is 175 Å². The summed E-state index contributed by atoms with van der Waals surface area (Å²) in [5.41, 5.74) is 10.8. The first-order chi connectivity index (χ1) is 14.1. The molecule has 1 aliphatic heterocycles. The Balaban J connectivity index is 1.37. The highest BCUT2D eigenvalue weighted by Gasteiger charge is 2.27. The predicted octanol–water partition coefficient (Wildman–Crippen LogP) is 3.97. The van der Waals surface area contributed by atoms with Gasteiger partial charge in [0.05, 0.1) is 5.69 Å². The van der Waals surface area contributed by atoms with Gasteiger partial charge in [0.25, 0.3) is 5.91 Å². The maximum atomic E-state index is 13.2. The third kappa shape index (κ3) is 3.35. The molecule has 29 heavy (non-hydrogen) atoms. The van der Waals surface area contributed by atoms with E-state index in [1.165, 1.54) is 34.7 Å². The van der Waals surface area contributed by atoms with Gasteiger partial charge in [0.1, 0.15) is 9.71 Å². The summed E-state index contributed by atoms with van der Waals surface area (Å²) in [5, 5.41) is 0.953. The monoisotopic (exact) mass is 406 g/mol. The number of amides is 1. The number of hydrogen-bond acceptors (Lipinski definition) is 5. The fraction of sp³-hybridized carbons (Fsp3) is 0.391. The number of nitrogens with two attached hydrogens (primary N) is 1. The number of pyridine rings is 1. The number of para-hydroxylation sites is 1. The van der Waals surface area contributed by atoms with E-state index in [2.05, 4.69) is 42.2 Å². The Bertz CT molecular complexity index is 1050. The summed E-state index contributed by atoms with van der Waals surface area (Å²) < 4.78 is 0. The number of piperazine rings is 1. The normalized spacial score (nSPS) is 19.4. The van der Waals surface area contributed by atoms with Gasteiger partial charge in [-0.1, -0.05) is 25.1 Å². The summed E-state index contributed by atoms with van der Waals surface area (Å²) in [5.74, 6) is 0.730. The van der Waals surface area contributed by atoms with Crippen molar-refractivity contribution in [2.75, 3.05) is 36.8 Å². The van der Waals surface area contributed by atoms with E-state index in [4.69, 9.17) is 10.7 Å². The maximum absolute atomic E-state index is 13.2. The average Bonchev–Trinajstić information content (AvgIpc) is 3.08. The van der Waals surface area contributed by atoms with Crippen LogP contribution in [0.5, 0.6) is 0 Å². The molecule has 5 nitrogen and oxygen atoms in total. The lowest BCUT2D eigenvalue weighted by Crippen LogP contribution is -2.48. The van der Waals surface area contributed by atoms with Crippen LogP contribution in [0.1, 0.15) is 34.3 Å². The maximum Gasteiger partial charge on any atom is 0.266 e. The van der Waals surface area contributed by atoms with Gasteiger partial charge < -0.3 is 15.5 Å². The van der Waals surface area contributed by atoms with Crippen molar-refractivity contribution in [3.63, 3.8) is 0 Å². The summed E-state index contributed by atoms with van der Waals surface area (Å²) in [6, 6.07) is 12.6. The van der Waals surface area contributed by atoms with Crippen molar-refractivity contribution in [2.24, 2.45) is 5.92 Å². The first kappa shape index (κ1) is 18.4. The van der Waals surface area contributed by atoms with Crippen molar-refractivity contribution in [3.8, 4) is 0 Å². The third-order valence-corrected chi connectivity index (χ3v) is 7.32. The van der Waals surface area contributed by atoms with Crippen LogP contribution in [0, 0.1) is 5.92 Å². The van der Waals surface area contributed by atoms with E-state index in [9.17, 15) is 4.79 Å². The molecule has 6 heteroatoms. The van der Waals surface area contributed by atoms with Gasteiger partial charge >= 0.3 is 0 Å². The van der Waals surface area contributed by atoms with Crippen molar-refractivity contribution in [2.45, 2.75) is 26.2 Å². The van der Waals surface area contributed by atoms with Gasteiger partial charge in [-0.2, -0.15) is 0 Å². The molecule has 1 aliphatic carbocycles. The zero-order valence-corrected chi connectivity index (χ0v) is 17.5. The largest absolute Gasteiger partial charge is 0.397 e. The summed E-state index contributed by atoms with van der Waals surface area (Å²) >= 11 is 1.46. The molecule has 5 rings (SSSR count). The minimum absolute atomic E-state index is 0.0459. The molecule has 1 unspecified atom stereocenters. The number of carbonyl (C=O) groups is 1. The number of nitrogen functional groups attached to an aromatic ring is 1.